The lowest BCUT2D eigenvalue weighted by molar-refractivity contribution is -0.124. The van der Waals surface area contributed by atoms with E-state index in [0.717, 1.165) is 16.7 Å². The van der Waals surface area contributed by atoms with Crippen molar-refractivity contribution in [2.75, 3.05) is 20.3 Å². The van der Waals surface area contributed by atoms with E-state index in [-0.39, 0.29) is 12.5 Å². The lowest BCUT2D eigenvalue weighted by Crippen LogP contribution is -2.28. The van der Waals surface area contributed by atoms with Gasteiger partial charge < -0.3 is 19.5 Å². The van der Waals surface area contributed by atoms with Crippen LogP contribution in [0.15, 0.2) is 42.5 Å². The molecular formula is C21H25NO5. The number of hydrogen-bond donors (Lipinski definition) is 1. The molecule has 0 bridgehead atoms. The van der Waals surface area contributed by atoms with Crippen LogP contribution in [0.5, 0.6) is 5.75 Å². The van der Waals surface area contributed by atoms with Crippen LogP contribution in [0.2, 0.25) is 0 Å². The Balaban J connectivity index is 1.89. The summed E-state index contributed by atoms with van der Waals surface area (Å²) in [6.07, 6.45) is 0. The number of rotatable bonds is 9. The number of methoxy groups -OCH3 is 1. The topological polar surface area (TPSA) is 73.9 Å². The van der Waals surface area contributed by atoms with Gasteiger partial charge in [0, 0.05) is 18.7 Å². The zero-order valence-electron chi connectivity index (χ0n) is 15.9. The molecule has 2 aromatic rings. The van der Waals surface area contributed by atoms with E-state index in [1.807, 2.05) is 38.1 Å². The van der Waals surface area contributed by atoms with Crippen molar-refractivity contribution in [2.24, 2.45) is 0 Å². The number of aryl methyl sites for hydroxylation is 1. The lowest BCUT2D eigenvalue weighted by atomic mass is 10.1. The molecule has 0 fully saturated rings. The summed E-state index contributed by atoms with van der Waals surface area (Å²) in [5, 5.41) is 2.75. The van der Waals surface area contributed by atoms with Gasteiger partial charge >= 0.3 is 5.97 Å². The molecule has 0 atom stereocenters. The maximum absolute atomic E-state index is 12.2. The summed E-state index contributed by atoms with van der Waals surface area (Å²) in [5.74, 6) is -0.285. The first-order valence-corrected chi connectivity index (χ1v) is 8.78. The van der Waals surface area contributed by atoms with Gasteiger partial charge in [0.25, 0.3) is 5.91 Å². The Labute approximate surface area is 159 Å². The highest BCUT2D eigenvalue weighted by atomic mass is 16.5. The predicted octanol–water partition coefficient (Wildman–Crippen LogP) is 3.01. The Kier molecular flexibility index (Phi) is 7.82. The van der Waals surface area contributed by atoms with Crippen LogP contribution >= 0.6 is 0 Å². The number of benzene rings is 2. The number of amides is 1. The number of hydrogen-bond acceptors (Lipinski definition) is 5. The van der Waals surface area contributed by atoms with Gasteiger partial charge in [0.2, 0.25) is 0 Å². The van der Waals surface area contributed by atoms with Crippen molar-refractivity contribution in [2.45, 2.75) is 27.0 Å². The molecule has 1 amide bonds. The third-order valence-electron chi connectivity index (χ3n) is 4.05. The fourth-order valence-corrected chi connectivity index (χ4v) is 2.50. The summed E-state index contributed by atoms with van der Waals surface area (Å²) in [4.78, 5) is 24.2. The highest BCUT2D eigenvalue weighted by Gasteiger charge is 2.13. The minimum Gasteiger partial charge on any atom is -0.496 e. The standard InChI is InChI=1S/C21H25NO5/c1-4-26-13-18-11-16(9-10-19(18)25-3)21(24)27-14-20(23)22-12-17-8-6-5-7-15(17)2/h5-11H,4,12-14H2,1-3H3,(H,22,23). The van der Waals surface area contributed by atoms with Gasteiger partial charge in [-0.1, -0.05) is 24.3 Å². The fourth-order valence-electron chi connectivity index (χ4n) is 2.50. The van der Waals surface area contributed by atoms with Crippen molar-refractivity contribution in [3.8, 4) is 5.75 Å². The molecule has 0 unspecified atom stereocenters. The normalized spacial score (nSPS) is 10.3. The summed E-state index contributed by atoms with van der Waals surface area (Å²) < 4.78 is 15.8. The van der Waals surface area contributed by atoms with Crippen molar-refractivity contribution in [3.63, 3.8) is 0 Å². The second-order valence-electron chi connectivity index (χ2n) is 5.94. The monoisotopic (exact) mass is 371 g/mol. The van der Waals surface area contributed by atoms with Crippen LogP contribution in [0.3, 0.4) is 0 Å². The van der Waals surface area contributed by atoms with Crippen LogP contribution in [0.4, 0.5) is 0 Å². The highest BCUT2D eigenvalue weighted by molar-refractivity contribution is 5.91. The molecule has 27 heavy (non-hydrogen) atoms. The van der Waals surface area contributed by atoms with E-state index in [9.17, 15) is 9.59 Å². The second-order valence-corrected chi connectivity index (χ2v) is 5.94. The van der Waals surface area contributed by atoms with Gasteiger partial charge in [-0.25, -0.2) is 4.79 Å². The maximum Gasteiger partial charge on any atom is 0.338 e. The van der Waals surface area contributed by atoms with E-state index < -0.39 is 5.97 Å². The van der Waals surface area contributed by atoms with Crippen LogP contribution in [0.25, 0.3) is 0 Å². The molecule has 144 valence electrons. The minimum atomic E-state index is -0.568. The second kappa shape index (κ2) is 10.3. The average molecular weight is 371 g/mol. The van der Waals surface area contributed by atoms with Gasteiger partial charge in [-0.05, 0) is 43.2 Å². The lowest BCUT2D eigenvalue weighted by Gasteiger charge is -2.11. The molecule has 1 N–H and O–H groups in total. The summed E-state index contributed by atoms with van der Waals surface area (Å²) >= 11 is 0. The first kappa shape index (κ1) is 20.5. The number of carbonyl (C=O) groups excluding carboxylic acids is 2. The average Bonchev–Trinajstić information content (AvgIpc) is 2.69. The largest absolute Gasteiger partial charge is 0.496 e. The van der Waals surface area contributed by atoms with Crippen LogP contribution in [0, 0.1) is 6.92 Å². The van der Waals surface area contributed by atoms with E-state index in [1.54, 1.807) is 25.3 Å². The van der Waals surface area contributed by atoms with Crippen molar-refractivity contribution in [1.82, 2.24) is 5.32 Å². The summed E-state index contributed by atoms with van der Waals surface area (Å²) in [7, 11) is 1.56. The van der Waals surface area contributed by atoms with E-state index in [4.69, 9.17) is 14.2 Å². The number of carbonyl (C=O) groups is 2. The summed E-state index contributed by atoms with van der Waals surface area (Å²) in [6.45, 7) is 4.81. The van der Waals surface area contributed by atoms with E-state index in [0.29, 0.717) is 31.1 Å². The zero-order valence-corrected chi connectivity index (χ0v) is 15.9. The molecule has 0 aliphatic heterocycles. The van der Waals surface area contributed by atoms with Crippen LogP contribution in [-0.2, 0) is 27.4 Å². The van der Waals surface area contributed by atoms with Gasteiger partial charge in [-0.3, -0.25) is 4.79 Å². The third-order valence-corrected chi connectivity index (χ3v) is 4.05. The molecule has 0 heterocycles. The van der Waals surface area contributed by atoms with Gasteiger partial charge in [0.1, 0.15) is 5.75 Å². The Morgan fingerprint density at radius 1 is 1.07 bits per heavy atom. The molecule has 0 radical (unpaired) electrons. The molecule has 2 rings (SSSR count). The molecular weight excluding hydrogens is 346 g/mol. The molecule has 0 saturated carbocycles. The maximum atomic E-state index is 12.2. The fraction of sp³-hybridized carbons (Fsp3) is 0.333. The highest BCUT2D eigenvalue weighted by Crippen LogP contribution is 2.21. The molecule has 0 aliphatic carbocycles. The Hall–Kier alpha value is -2.86. The molecule has 2 aromatic carbocycles. The number of nitrogens with one attached hydrogen (secondary N) is 1. The SMILES string of the molecule is CCOCc1cc(C(=O)OCC(=O)NCc2ccccc2C)ccc1OC. The van der Waals surface area contributed by atoms with Crippen molar-refractivity contribution in [1.29, 1.82) is 0 Å². The Morgan fingerprint density at radius 2 is 1.85 bits per heavy atom. The van der Waals surface area contributed by atoms with Crippen molar-refractivity contribution < 1.29 is 23.8 Å². The molecule has 0 aromatic heterocycles. The molecule has 6 heteroatoms. The molecule has 6 nitrogen and oxygen atoms in total. The zero-order chi connectivity index (χ0) is 19.6. The first-order chi connectivity index (χ1) is 13.0. The molecule has 0 aliphatic rings. The summed E-state index contributed by atoms with van der Waals surface area (Å²) in [6, 6.07) is 12.7. The summed E-state index contributed by atoms with van der Waals surface area (Å²) in [5.41, 5.74) is 3.21. The Morgan fingerprint density at radius 3 is 2.56 bits per heavy atom. The van der Waals surface area contributed by atoms with Crippen LogP contribution < -0.4 is 10.1 Å². The third kappa shape index (κ3) is 6.11. The van der Waals surface area contributed by atoms with Gasteiger partial charge in [-0.2, -0.15) is 0 Å². The molecule has 0 saturated heterocycles. The smallest absolute Gasteiger partial charge is 0.338 e. The van der Waals surface area contributed by atoms with Crippen molar-refractivity contribution >= 4 is 11.9 Å². The van der Waals surface area contributed by atoms with Gasteiger partial charge in [-0.15, -0.1) is 0 Å². The van der Waals surface area contributed by atoms with Gasteiger partial charge in [0.05, 0.1) is 19.3 Å². The van der Waals surface area contributed by atoms with E-state index in [1.165, 1.54) is 0 Å². The van der Waals surface area contributed by atoms with Gasteiger partial charge in [0.15, 0.2) is 6.61 Å². The molecule has 0 spiro atoms. The quantitative estimate of drug-likeness (QED) is 0.686. The van der Waals surface area contributed by atoms with Crippen LogP contribution in [-0.4, -0.2) is 32.2 Å². The van der Waals surface area contributed by atoms with Crippen molar-refractivity contribution in [3.05, 3.63) is 64.7 Å². The number of ether oxygens (including phenoxy) is 3. The first-order valence-electron chi connectivity index (χ1n) is 8.78. The number of esters is 1. The van der Waals surface area contributed by atoms with Crippen LogP contribution in [0.1, 0.15) is 34.0 Å². The predicted molar refractivity (Wildman–Crippen MR) is 102 cm³/mol. The van der Waals surface area contributed by atoms with E-state index >= 15 is 0 Å². The minimum absolute atomic E-state index is 0.331. The van der Waals surface area contributed by atoms with E-state index in [2.05, 4.69) is 5.32 Å². The Bertz CT molecular complexity index is 788.